The molecule has 1 amide bonds. The van der Waals surface area contributed by atoms with Gasteiger partial charge in [0.05, 0.1) is 12.6 Å². The van der Waals surface area contributed by atoms with Gasteiger partial charge < -0.3 is 10.0 Å². The monoisotopic (exact) mass is 299 g/mol. The van der Waals surface area contributed by atoms with Gasteiger partial charge in [0.25, 0.3) is 0 Å². The van der Waals surface area contributed by atoms with Crippen molar-refractivity contribution in [1.82, 2.24) is 15.1 Å². The molecule has 0 saturated carbocycles. The number of carboxylic acid groups (broad SMARTS) is 1. The van der Waals surface area contributed by atoms with Crippen LogP contribution in [0.5, 0.6) is 0 Å². The number of hydrogen-bond acceptors (Lipinski definition) is 4. The Morgan fingerprint density at radius 1 is 1.33 bits per heavy atom. The van der Waals surface area contributed by atoms with Crippen molar-refractivity contribution in [3.63, 3.8) is 0 Å². The summed E-state index contributed by atoms with van der Waals surface area (Å²) >= 11 is 0. The molecule has 2 N–H and O–H groups in total. The van der Waals surface area contributed by atoms with Crippen LogP contribution in [0.4, 0.5) is 0 Å². The molecule has 0 aromatic carbocycles. The van der Waals surface area contributed by atoms with E-state index in [0.717, 1.165) is 25.9 Å². The second-order valence-corrected chi connectivity index (χ2v) is 5.96. The van der Waals surface area contributed by atoms with Gasteiger partial charge in [-0.3, -0.25) is 19.8 Å². The molecule has 0 aliphatic carbocycles. The average molecular weight is 299 g/mol. The molecule has 6 nitrogen and oxygen atoms in total. The molecule has 2 atom stereocenters. The number of nitrogens with zero attached hydrogens (tertiary/aromatic N) is 2. The van der Waals surface area contributed by atoms with E-state index in [1.165, 1.54) is 0 Å². The minimum atomic E-state index is -0.865. The minimum Gasteiger partial charge on any atom is -0.480 e. The first-order valence-corrected chi connectivity index (χ1v) is 7.86. The topological polar surface area (TPSA) is 72.9 Å². The second kappa shape index (κ2) is 7.75. The first-order chi connectivity index (χ1) is 9.86. The summed E-state index contributed by atoms with van der Waals surface area (Å²) in [5, 5.41) is 11.8. The Labute approximate surface area is 127 Å². The highest BCUT2D eigenvalue weighted by molar-refractivity contribution is 5.82. The van der Waals surface area contributed by atoms with Crippen molar-refractivity contribution in [2.75, 3.05) is 32.7 Å². The molecule has 1 aliphatic rings. The first kappa shape index (κ1) is 17.9. The number of likely N-dealkylation sites (N-methyl/N-ethyl adjacent to an activating group) is 1. The van der Waals surface area contributed by atoms with Gasteiger partial charge >= 0.3 is 5.97 Å². The normalized spacial score (nSPS) is 23.6. The van der Waals surface area contributed by atoms with E-state index in [1.807, 2.05) is 18.7 Å². The predicted octanol–water partition coefficient (Wildman–Crippen LogP) is 0.772. The van der Waals surface area contributed by atoms with Crippen LogP contribution in [0.3, 0.4) is 0 Å². The highest BCUT2D eigenvalue weighted by Crippen LogP contribution is 2.22. The third kappa shape index (κ3) is 4.68. The van der Waals surface area contributed by atoms with E-state index in [1.54, 1.807) is 0 Å². The zero-order valence-electron chi connectivity index (χ0n) is 13.7. The lowest BCUT2D eigenvalue weighted by molar-refractivity contribution is -0.136. The van der Waals surface area contributed by atoms with Crippen LogP contribution in [0.1, 0.15) is 40.5 Å². The fourth-order valence-electron chi connectivity index (χ4n) is 3.05. The molecule has 1 fully saturated rings. The van der Waals surface area contributed by atoms with Crippen LogP contribution in [-0.2, 0) is 9.59 Å². The molecule has 1 rings (SSSR count). The molecule has 0 bridgehead atoms. The van der Waals surface area contributed by atoms with Gasteiger partial charge in [-0.25, -0.2) is 0 Å². The summed E-state index contributed by atoms with van der Waals surface area (Å²) in [6.45, 7) is 11.1. The summed E-state index contributed by atoms with van der Waals surface area (Å²) in [6.07, 6.45) is 1.59. The third-order valence-corrected chi connectivity index (χ3v) is 4.38. The molecule has 0 aromatic rings. The Morgan fingerprint density at radius 2 is 1.95 bits per heavy atom. The molecule has 21 heavy (non-hydrogen) atoms. The largest absolute Gasteiger partial charge is 0.480 e. The number of hydrogen-bond donors (Lipinski definition) is 2. The number of nitrogens with one attached hydrogen (secondary N) is 1. The van der Waals surface area contributed by atoms with Gasteiger partial charge in [0.2, 0.25) is 5.91 Å². The molecule has 0 radical (unpaired) electrons. The van der Waals surface area contributed by atoms with Crippen LogP contribution in [0, 0.1) is 0 Å². The fourth-order valence-corrected chi connectivity index (χ4v) is 3.05. The Hall–Kier alpha value is -1.14. The third-order valence-electron chi connectivity index (χ3n) is 4.38. The number of rotatable bonds is 8. The van der Waals surface area contributed by atoms with Crippen molar-refractivity contribution in [3.8, 4) is 0 Å². The number of amides is 1. The van der Waals surface area contributed by atoms with Gasteiger partial charge in [0, 0.05) is 18.6 Å². The van der Waals surface area contributed by atoms with Gasteiger partial charge in [-0.05, 0) is 32.9 Å². The zero-order valence-corrected chi connectivity index (χ0v) is 13.7. The Kier molecular flexibility index (Phi) is 6.61. The van der Waals surface area contributed by atoms with E-state index in [-0.39, 0.29) is 24.0 Å². The summed E-state index contributed by atoms with van der Waals surface area (Å²) in [5.41, 5.74) is -0.296. The summed E-state index contributed by atoms with van der Waals surface area (Å²) in [4.78, 5) is 27.4. The molecular formula is C15H29N3O3. The van der Waals surface area contributed by atoms with Crippen molar-refractivity contribution >= 4 is 11.9 Å². The van der Waals surface area contributed by atoms with E-state index < -0.39 is 5.97 Å². The SMILES string of the molecule is CC[C@@H](C(=O)N1CC[C@](C)(NCC(=O)O)C1)N(CC)CC. The molecule has 1 aliphatic heterocycles. The van der Waals surface area contributed by atoms with Crippen molar-refractivity contribution in [1.29, 1.82) is 0 Å². The zero-order chi connectivity index (χ0) is 16.0. The molecular weight excluding hydrogens is 270 g/mol. The standard InChI is InChI=1S/C15H29N3O3/c1-5-12(17(6-2)7-3)14(21)18-9-8-15(4,11-18)16-10-13(19)20/h12,16H,5-11H2,1-4H3,(H,19,20)/t12-,15-/m0/s1. The van der Waals surface area contributed by atoms with Gasteiger partial charge in [-0.15, -0.1) is 0 Å². The van der Waals surface area contributed by atoms with Crippen molar-refractivity contribution in [2.45, 2.75) is 52.1 Å². The number of carbonyl (C=O) groups excluding carboxylic acids is 1. The molecule has 0 aromatic heterocycles. The molecule has 6 heteroatoms. The highest BCUT2D eigenvalue weighted by atomic mass is 16.4. The number of carboxylic acids is 1. The Bertz CT molecular complexity index is 371. The van der Waals surface area contributed by atoms with Crippen LogP contribution >= 0.6 is 0 Å². The van der Waals surface area contributed by atoms with Crippen molar-refractivity contribution in [3.05, 3.63) is 0 Å². The molecule has 0 spiro atoms. The van der Waals surface area contributed by atoms with E-state index in [0.29, 0.717) is 13.1 Å². The van der Waals surface area contributed by atoms with Gasteiger partial charge in [-0.2, -0.15) is 0 Å². The number of likely N-dealkylation sites (tertiary alicyclic amines) is 1. The van der Waals surface area contributed by atoms with Gasteiger partial charge in [0.15, 0.2) is 0 Å². The summed E-state index contributed by atoms with van der Waals surface area (Å²) in [7, 11) is 0. The van der Waals surface area contributed by atoms with E-state index in [9.17, 15) is 9.59 Å². The minimum absolute atomic E-state index is 0.0637. The van der Waals surface area contributed by atoms with E-state index in [2.05, 4.69) is 24.1 Å². The van der Waals surface area contributed by atoms with E-state index in [4.69, 9.17) is 5.11 Å². The molecule has 0 unspecified atom stereocenters. The highest BCUT2D eigenvalue weighted by Gasteiger charge is 2.38. The van der Waals surface area contributed by atoms with Crippen molar-refractivity contribution < 1.29 is 14.7 Å². The van der Waals surface area contributed by atoms with E-state index >= 15 is 0 Å². The maximum atomic E-state index is 12.7. The van der Waals surface area contributed by atoms with Crippen LogP contribution in [0.25, 0.3) is 0 Å². The Morgan fingerprint density at radius 3 is 2.43 bits per heavy atom. The lowest BCUT2D eigenvalue weighted by Crippen LogP contribution is -2.51. The van der Waals surface area contributed by atoms with Crippen LogP contribution in [0.2, 0.25) is 0 Å². The molecule has 1 saturated heterocycles. The number of carbonyl (C=O) groups is 2. The molecule has 1 heterocycles. The summed E-state index contributed by atoms with van der Waals surface area (Å²) in [5.74, 6) is -0.697. The lowest BCUT2D eigenvalue weighted by Gasteiger charge is -2.32. The maximum absolute atomic E-state index is 12.7. The smallest absolute Gasteiger partial charge is 0.317 e. The molecule has 122 valence electrons. The van der Waals surface area contributed by atoms with Crippen molar-refractivity contribution in [2.24, 2.45) is 0 Å². The number of aliphatic carboxylic acids is 1. The Balaban J connectivity index is 2.65. The van der Waals surface area contributed by atoms with Crippen LogP contribution in [0.15, 0.2) is 0 Å². The quantitative estimate of drug-likeness (QED) is 0.693. The van der Waals surface area contributed by atoms with Crippen LogP contribution in [-0.4, -0.2) is 71.1 Å². The van der Waals surface area contributed by atoms with Gasteiger partial charge in [-0.1, -0.05) is 20.8 Å². The summed E-state index contributed by atoms with van der Waals surface area (Å²) < 4.78 is 0. The summed E-state index contributed by atoms with van der Waals surface area (Å²) in [6, 6.07) is -0.0678. The fraction of sp³-hybridized carbons (Fsp3) is 0.867. The second-order valence-electron chi connectivity index (χ2n) is 5.96. The maximum Gasteiger partial charge on any atom is 0.317 e. The van der Waals surface area contributed by atoms with Crippen LogP contribution < -0.4 is 5.32 Å². The average Bonchev–Trinajstić information content (AvgIpc) is 2.85. The predicted molar refractivity (Wildman–Crippen MR) is 82.2 cm³/mol. The lowest BCUT2D eigenvalue weighted by atomic mass is 10.0. The first-order valence-electron chi connectivity index (χ1n) is 7.86. The van der Waals surface area contributed by atoms with Gasteiger partial charge in [0.1, 0.15) is 0 Å².